The first kappa shape index (κ1) is 11.2. The summed E-state index contributed by atoms with van der Waals surface area (Å²) in [5.74, 6) is 0. The van der Waals surface area contributed by atoms with E-state index < -0.39 is 0 Å². The minimum absolute atomic E-state index is 0.608. The third kappa shape index (κ3) is 2.12. The second kappa shape index (κ2) is 4.71. The molecule has 0 spiro atoms. The number of aromatic amines is 1. The molecule has 1 N–H and O–H groups in total. The molecule has 0 saturated heterocycles. The van der Waals surface area contributed by atoms with E-state index in [0.29, 0.717) is 5.15 Å². The minimum Gasteiger partial charge on any atom is -0.267 e. The van der Waals surface area contributed by atoms with Crippen LogP contribution < -0.4 is 0 Å². The van der Waals surface area contributed by atoms with Gasteiger partial charge < -0.3 is 0 Å². The standard InChI is InChI=1S/C13H15ClN2/c1-3-4-10-6-5-9(2)11(7-10)12-8-15-16-13(12)14/h5-8H,3-4H2,1-2H3,(H,15,16). The van der Waals surface area contributed by atoms with Gasteiger partial charge in [0.15, 0.2) is 0 Å². The highest BCUT2D eigenvalue weighted by molar-refractivity contribution is 6.32. The Morgan fingerprint density at radius 1 is 1.31 bits per heavy atom. The topological polar surface area (TPSA) is 28.7 Å². The van der Waals surface area contributed by atoms with Crippen LogP contribution in [0.3, 0.4) is 0 Å². The van der Waals surface area contributed by atoms with Crippen LogP contribution in [0.1, 0.15) is 24.5 Å². The Labute approximate surface area is 101 Å². The van der Waals surface area contributed by atoms with Crippen molar-refractivity contribution in [2.75, 3.05) is 0 Å². The monoisotopic (exact) mass is 234 g/mol. The third-order valence-corrected chi connectivity index (χ3v) is 3.01. The first-order valence-corrected chi connectivity index (χ1v) is 5.89. The van der Waals surface area contributed by atoms with E-state index in [1.165, 1.54) is 16.7 Å². The lowest BCUT2D eigenvalue weighted by molar-refractivity contribution is 0.921. The van der Waals surface area contributed by atoms with E-state index >= 15 is 0 Å². The molecule has 1 heterocycles. The number of rotatable bonds is 3. The molecule has 1 aromatic heterocycles. The van der Waals surface area contributed by atoms with Gasteiger partial charge in [-0.1, -0.05) is 43.1 Å². The second-order valence-electron chi connectivity index (χ2n) is 4.00. The van der Waals surface area contributed by atoms with Crippen LogP contribution in [-0.4, -0.2) is 10.2 Å². The van der Waals surface area contributed by atoms with Gasteiger partial charge in [0.05, 0.1) is 6.20 Å². The van der Waals surface area contributed by atoms with E-state index in [1.54, 1.807) is 6.20 Å². The second-order valence-corrected chi connectivity index (χ2v) is 4.37. The van der Waals surface area contributed by atoms with Gasteiger partial charge in [0.2, 0.25) is 0 Å². The minimum atomic E-state index is 0.608. The zero-order valence-electron chi connectivity index (χ0n) is 9.55. The Kier molecular flexibility index (Phi) is 3.30. The van der Waals surface area contributed by atoms with Gasteiger partial charge >= 0.3 is 0 Å². The summed E-state index contributed by atoms with van der Waals surface area (Å²) < 4.78 is 0. The van der Waals surface area contributed by atoms with Crippen molar-refractivity contribution < 1.29 is 0 Å². The van der Waals surface area contributed by atoms with E-state index in [2.05, 4.69) is 42.2 Å². The number of H-pyrrole nitrogens is 1. The fraction of sp³-hybridized carbons (Fsp3) is 0.308. The summed E-state index contributed by atoms with van der Waals surface area (Å²) in [6, 6.07) is 6.52. The van der Waals surface area contributed by atoms with Crippen molar-refractivity contribution in [3.05, 3.63) is 40.7 Å². The number of hydrogen-bond donors (Lipinski definition) is 1. The van der Waals surface area contributed by atoms with E-state index in [-0.39, 0.29) is 0 Å². The third-order valence-electron chi connectivity index (χ3n) is 2.72. The molecule has 0 aliphatic heterocycles. The van der Waals surface area contributed by atoms with Crippen LogP contribution in [0.15, 0.2) is 24.4 Å². The Morgan fingerprint density at radius 2 is 2.12 bits per heavy atom. The van der Waals surface area contributed by atoms with Gasteiger partial charge in [-0.15, -0.1) is 0 Å². The van der Waals surface area contributed by atoms with Crippen molar-refractivity contribution in [1.82, 2.24) is 10.2 Å². The predicted octanol–water partition coefficient (Wildman–Crippen LogP) is 3.99. The molecule has 0 atom stereocenters. The van der Waals surface area contributed by atoms with Gasteiger partial charge in [0.25, 0.3) is 0 Å². The van der Waals surface area contributed by atoms with E-state index in [4.69, 9.17) is 11.6 Å². The number of halogens is 1. The molecule has 2 rings (SSSR count). The molecule has 0 saturated carbocycles. The molecule has 84 valence electrons. The highest BCUT2D eigenvalue weighted by Crippen LogP contribution is 2.29. The maximum Gasteiger partial charge on any atom is 0.132 e. The number of hydrogen-bond acceptors (Lipinski definition) is 1. The fourth-order valence-electron chi connectivity index (χ4n) is 1.86. The van der Waals surface area contributed by atoms with E-state index in [1.807, 2.05) is 0 Å². The molecule has 0 amide bonds. The summed E-state index contributed by atoms with van der Waals surface area (Å²) in [7, 11) is 0. The zero-order valence-corrected chi connectivity index (χ0v) is 10.3. The molecular weight excluding hydrogens is 220 g/mol. The lowest BCUT2D eigenvalue weighted by Gasteiger charge is -2.07. The normalized spacial score (nSPS) is 10.7. The summed E-state index contributed by atoms with van der Waals surface area (Å²) >= 11 is 6.06. The Balaban J connectivity index is 2.47. The molecule has 1 aromatic carbocycles. The average molecular weight is 235 g/mol. The van der Waals surface area contributed by atoms with Crippen LogP contribution in [0.5, 0.6) is 0 Å². The molecule has 0 radical (unpaired) electrons. The van der Waals surface area contributed by atoms with Crippen LogP contribution in [0.2, 0.25) is 5.15 Å². The number of nitrogens with one attached hydrogen (secondary N) is 1. The predicted molar refractivity (Wildman–Crippen MR) is 67.8 cm³/mol. The molecule has 2 nitrogen and oxygen atoms in total. The van der Waals surface area contributed by atoms with Gasteiger partial charge in [-0.2, -0.15) is 5.10 Å². The van der Waals surface area contributed by atoms with Gasteiger partial charge in [-0.05, 0) is 30.0 Å². The van der Waals surface area contributed by atoms with Gasteiger partial charge in [-0.3, -0.25) is 5.10 Å². The summed E-state index contributed by atoms with van der Waals surface area (Å²) in [6.45, 7) is 4.28. The molecule has 0 aliphatic rings. The quantitative estimate of drug-likeness (QED) is 0.855. The average Bonchev–Trinajstić information content (AvgIpc) is 2.68. The number of benzene rings is 1. The van der Waals surface area contributed by atoms with Gasteiger partial charge in [-0.25, -0.2) is 0 Å². The van der Waals surface area contributed by atoms with Crippen molar-refractivity contribution in [2.45, 2.75) is 26.7 Å². The summed E-state index contributed by atoms with van der Waals surface area (Å²) in [5, 5.41) is 7.33. The molecule has 2 aromatic rings. The van der Waals surface area contributed by atoms with Crippen LogP contribution in [-0.2, 0) is 6.42 Å². The Hall–Kier alpha value is -1.28. The van der Waals surface area contributed by atoms with E-state index in [0.717, 1.165) is 18.4 Å². The van der Waals surface area contributed by atoms with Crippen molar-refractivity contribution in [2.24, 2.45) is 0 Å². The van der Waals surface area contributed by atoms with Crippen LogP contribution in [0, 0.1) is 6.92 Å². The van der Waals surface area contributed by atoms with Crippen molar-refractivity contribution in [1.29, 1.82) is 0 Å². The van der Waals surface area contributed by atoms with Crippen molar-refractivity contribution >= 4 is 11.6 Å². The number of aryl methyl sites for hydroxylation is 2. The number of nitrogens with zero attached hydrogens (tertiary/aromatic N) is 1. The summed E-state index contributed by atoms with van der Waals surface area (Å²) in [6.07, 6.45) is 4.03. The molecule has 0 unspecified atom stereocenters. The van der Waals surface area contributed by atoms with Crippen molar-refractivity contribution in [3.63, 3.8) is 0 Å². The number of aromatic nitrogens is 2. The lowest BCUT2D eigenvalue weighted by Crippen LogP contribution is -1.88. The lowest BCUT2D eigenvalue weighted by atomic mass is 9.99. The summed E-state index contributed by atoms with van der Waals surface area (Å²) in [5.41, 5.74) is 4.73. The van der Waals surface area contributed by atoms with Gasteiger partial charge in [0.1, 0.15) is 5.15 Å². The first-order valence-electron chi connectivity index (χ1n) is 5.51. The van der Waals surface area contributed by atoms with Crippen molar-refractivity contribution in [3.8, 4) is 11.1 Å². The maximum absolute atomic E-state index is 6.06. The SMILES string of the molecule is CCCc1ccc(C)c(-c2cn[nH]c2Cl)c1. The van der Waals surface area contributed by atoms with Crippen LogP contribution in [0.25, 0.3) is 11.1 Å². The van der Waals surface area contributed by atoms with Gasteiger partial charge in [0, 0.05) is 5.56 Å². The van der Waals surface area contributed by atoms with Crippen LogP contribution in [0.4, 0.5) is 0 Å². The highest BCUT2D eigenvalue weighted by atomic mass is 35.5. The smallest absolute Gasteiger partial charge is 0.132 e. The molecular formula is C13H15ClN2. The Morgan fingerprint density at radius 3 is 2.75 bits per heavy atom. The molecule has 3 heteroatoms. The highest BCUT2D eigenvalue weighted by Gasteiger charge is 2.08. The Bertz CT molecular complexity index is 488. The zero-order chi connectivity index (χ0) is 11.5. The fourth-order valence-corrected chi connectivity index (χ4v) is 2.06. The maximum atomic E-state index is 6.06. The summed E-state index contributed by atoms with van der Waals surface area (Å²) in [4.78, 5) is 0. The molecule has 0 bridgehead atoms. The largest absolute Gasteiger partial charge is 0.267 e. The molecule has 0 aliphatic carbocycles. The van der Waals surface area contributed by atoms with Crippen LogP contribution >= 0.6 is 11.6 Å². The molecule has 0 fully saturated rings. The van der Waals surface area contributed by atoms with E-state index in [9.17, 15) is 0 Å². The molecule has 16 heavy (non-hydrogen) atoms. The first-order chi connectivity index (χ1) is 7.72.